The van der Waals surface area contributed by atoms with Crippen LogP contribution in [0.5, 0.6) is 0 Å². The number of nitrogens with zero attached hydrogens (tertiary/aromatic N) is 1. The van der Waals surface area contributed by atoms with Crippen LogP contribution in [0.2, 0.25) is 0 Å². The van der Waals surface area contributed by atoms with Crippen molar-refractivity contribution < 1.29 is 19.1 Å². The third kappa shape index (κ3) is 1.57. The summed E-state index contributed by atoms with van der Waals surface area (Å²) in [7, 11) is 0. The monoisotopic (exact) mass is 265 g/mol. The van der Waals surface area contributed by atoms with E-state index < -0.39 is 17.4 Å². The smallest absolute Gasteiger partial charge is 0.312 e. The summed E-state index contributed by atoms with van der Waals surface area (Å²) in [6.45, 7) is 6.59. The van der Waals surface area contributed by atoms with Gasteiger partial charge < -0.3 is 14.4 Å². The van der Waals surface area contributed by atoms with Gasteiger partial charge in [0.2, 0.25) is 5.91 Å². The van der Waals surface area contributed by atoms with Crippen LogP contribution in [-0.4, -0.2) is 47.7 Å². The Balaban J connectivity index is 1.93. The van der Waals surface area contributed by atoms with Crippen molar-refractivity contribution in [2.24, 2.45) is 11.8 Å². The second-order valence-corrected chi connectivity index (χ2v) is 5.71. The third-order valence-corrected chi connectivity index (χ3v) is 4.31. The first-order valence-corrected chi connectivity index (χ1v) is 6.84. The minimum atomic E-state index is -0.608. The van der Waals surface area contributed by atoms with Gasteiger partial charge in [0.25, 0.3) is 0 Å². The average Bonchev–Trinajstić information content (AvgIpc) is 2.98. The summed E-state index contributed by atoms with van der Waals surface area (Å²) in [5.74, 6) is -1.20. The molecule has 0 aliphatic carbocycles. The number of fused-ring (bicyclic) bond motifs is 1. The second-order valence-electron chi connectivity index (χ2n) is 5.71. The lowest BCUT2D eigenvalue weighted by atomic mass is 9.77. The van der Waals surface area contributed by atoms with Gasteiger partial charge >= 0.3 is 5.97 Å². The first-order valence-electron chi connectivity index (χ1n) is 6.84. The zero-order valence-electron chi connectivity index (χ0n) is 11.5. The van der Waals surface area contributed by atoms with Crippen LogP contribution in [0, 0.1) is 11.8 Å². The molecule has 5 heteroatoms. The molecular formula is C14H19NO4. The van der Waals surface area contributed by atoms with Crippen molar-refractivity contribution in [1.29, 1.82) is 0 Å². The first-order chi connectivity index (χ1) is 9.00. The van der Waals surface area contributed by atoms with Gasteiger partial charge in [0.15, 0.2) is 0 Å². The number of carbonyl (C=O) groups excluding carboxylic acids is 2. The molecule has 3 heterocycles. The zero-order valence-corrected chi connectivity index (χ0v) is 11.5. The van der Waals surface area contributed by atoms with Gasteiger partial charge in [-0.1, -0.05) is 12.2 Å². The molecule has 5 nitrogen and oxygen atoms in total. The average molecular weight is 265 g/mol. The van der Waals surface area contributed by atoms with Crippen LogP contribution in [0.15, 0.2) is 12.2 Å². The fraction of sp³-hybridized carbons (Fsp3) is 0.714. The topological polar surface area (TPSA) is 55.8 Å². The van der Waals surface area contributed by atoms with E-state index in [9.17, 15) is 9.59 Å². The van der Waals surface area contributed by atoms with E-state index in [1.54, 1.807) is 11.8 Å². The predicted octanol–water partition coefficient (Wildman–Crippen LogP) is 0.740. The summed E-state index contributed by atoms with van der Waals surface area (Å²) < 4.78 is 11.0. The summed E-state index contributed by atoms with van der Waals surface area (Å²) in [5, 5.41) is 0. The maximum absolute atomic E-state index is 12.5. The van der Waals surface area contributed by atoms with Crippen molar-refractivity contribution in [3.05, 3.63) is 12.2 Å². The number of ether oxygens (including phenoxy) is 2. The lowest BCUT2D eigenvalue weighted by Crippen LogP contribution is -2.40. The molecule has 0 N–H and O–H groups in total. The van der Waals surface area contributed by atoms with Crippen LogP contribution >= 0.6 is 0 Å². The molecule has 0 saturated carbocycles. The van der Waals surface area contributed by atoms with Crippen molar-refractivity contribution in [2.75, 3.05) is 13.2 Å². The van der Waals surface area contributed by atoms with Crippen LogP contribution in [0.1, 0.15) is 20.8 Å². The Kier molecular flexibility index (Phi) is 2.71. The lowest BCUT2D eigenvalue weighted by Gasteiger charge is -2.24. The molecule has 1 spiro atoms. The van der Waals surface area contributed by atoms with Crippen molar-refractivity contribution in [3.63, 3.8) is 0 Å². The highest BCUT2D eigenvalue weighted by Crippen LogP contribution is 2.52. The van der Waals surface area contributed by atoms with Crippen LogP contribution < -0.4 is 0 Å². The predicted molar refractivity (Wildman–Crippen MR) is 67.2 cm³/mol. The maximum atomic E-state index is 12.5. The van der Waals surface area contributed by atoms with Gasteiger partial charge in [-0.05, 0) is 20.8 Å². The van der Waals surface area contributed by atoms with E-state index >= 15 is 0 Å². The molecule has 104 valence electrons. The van der Waals surface area contributed by atoms with Gasteiger partial charge in [0.1, 0.15) is 11.5 Å². The highest BCUT2D eigenvalue weighted by molar-refractivity contribution is 5.91. The summed E-state index contributed by atoms with van der Waals surface area (Å²) in [5.41, 5.74) is -0.608. The first kappa shape index (κ1) is 12.7. The molecule has 0 unspecified atom stereocenters. The Bertz CT molecular complexity index is 458. The normalized spacial score (nSPS) is 39.3. The number of hydrogen-bond acceptors (Lipinski definition) is 4. The molecule has 0 radical (unpaired) electrons. The Morgan fingerprint density at radius 2 is 2.37 bits per heavy atom. The van der Waals surface area contributed by atoms with Crippen molar-refractivity contribution in [2.45, 2.75) is 38.5 Å². The van der Waals surface area contributed by atoms with Crippen LogP contribution in [0.3, 0.4) is 0 Å². The Labute approximate surface area is 112 Å². The SMILES string of the molecule is CCOC(=O)[C@@H]1[C@@H]2C=C[C@]3(CN(C(C)C)C(=O)[C@H]13)O2. The Hall–Kier alpha value is -1.36. The molecular weight excluding hydrogens is 246 g/mol. The lowest BCUT2D eigenvalue weighted by molar-refractivity contribution is -0.153. The fourth-order valence-corrected chi connectivity index (χ4v) is 3.47. The van der Waals surface area contributed by atoms with Gasteiger partial charge in [-0.3, -0.25) is 9.59 Å². The van der Waals surface area contributed by atoms with Gasteiger partial charge in [0, 0.05) is 6.04 Å². The molecule has 3 aliphatic rings. The molecule has 4 atom stereocenters. The van der Waals surface area contributed by atoms with Crippen molar-refractivity contribution >= 4 is 11.9 Å². The van der Waals surface area contributed by atoms with Gasteiger partial charge in [0.05, 0.1) is 25.2 Å². The Morgan fingerprint density at radius 1 is 1.63 bits per heavy atom. The highest BCUT2D eigenvalue weighted by Gasteiger charge is 2.67. The fourth-order valence-electron chi connectivity index (χ4n) is 3.47. The molecule has 0 aromatic heterocycles. The van der Waals surface area contributed by atoms with Crippen LogP contribution in [0.4, 0.5) is 0 Å². The molecule has 1 amide bonds. The van der Waals surface area contributed by atoms with Gasteiger partial charge in [-0.2, -0.15) is 0 Å². The zero-order chi connectivity index (χ0) is 13.8. The van der Waals surface area contributed by atoms with E-state index in [1.807, 2.05) is 26.0 Å². The summed E-state index contributed by atoms with van der Waals surface area (Å²) in [6, 6.07) is 0.117. The van der Waals surface area contributed by atoms with E-state index in [0.29, 0.717) is 13.2 Å². The van der Waals surface area contributed by atoms with E-state index in [2.05, 4.69) is 0 Å². The molecule has 2 fully saturated rings. The number of likely N-dealkylation sites (tertiary alicyclic amines) is 1. The summed E-state index contributed by atoms with van der Waals surface area (Å²) >= 11 is 0. The van der Waals surface area contributed by atoms with E-state index in [1.165, 1.54) is 0 Å². The molecule has 0 aromatic rings. The molecule has 2 bridgehead atoms. The summed E-state index contributed by atoms with van der Waals surface area (Å²) in [6.07, 6.45) is 3.55. The second kappa shape index (κ2) is 4.07. The maximum Gasteiger partial charge on any atom is 0.312 e. The quantitative estimate of drug-likeness (QED) is 0.558. The van der Waals surface area contributed by atoms with Crippen LogP contribution in [-0.2, 0) is 19.1 Å². The van der Waals surface area contributed by atoms with E-state index in [0.717, 1.165) is 0 Å². The molecule has 19 heavy (non-hydrogen) atoms. The number of carbonyl (C=O) groups is 2. The van der Waals surface area contributed by atoms with Gasteiger partial charge in [-0.15, -0.1) is 0 Å². The molecule has 2 saturated heterocycles. The largest absolute Gasteiger partial charge is 0.466 e. The van der Waals surface area contributed by atoms with Crippen molar-refractivity contribution in [3.8, 4) is 0 Å². The highest BCUT2D eigenvalue weighted by atomic mass is 16.6. The Morgan fingerprint density at radius 3 is 3.00 bits per heavy atom. The molecule has 3 rings (SSSR count). The van der Waals surface area contributed by atoms with Crippen molar-refractivity contribution in [1.82, 2.24) is 4.90 Å². The molecule has 0 aromatic carbocycles. The van der Waals surface area contributed by atoms with Crippen LogP contribution in [0.25, 0.3) is 0 Å². The number of amides is 1. The minimum Gasteiger partial charge on any atom is -0.466 e. The number of rotatable bonds is 3. The van der Waals surface area contributed by atoms with E-state index in [4.69, 9.17) is 9.47 Å². The minimum absolute atomic E-state index is 0.0138. The van der Waals surface area contributed by atoms with E-state index in [-0.39, 0.29) is 24.0 Å². The van der Waals surface area contributed by atoms with Gasteiger partial charge in [-0.25, -0.2) is 0 Å². The molecule has 3 aliphatic heterocycles. The standard InChI is InChI=1S/C14H19NO4/c1-4-18-13(17)10-9-5-6-14(19-9)7-15(8(2)3)12(16)11(10)14/h5-6,8-11H,4,7H2,1-3H3/t9-,10+,11-,14+/m0/s1. The number of hydrogen-bond donors (Lipinski definition) is 0. The third-order valence-electron chi connectivity index (χ3n) is 4.31. The number of esters is 1. The summed E-state index contributed by atoms with van der Waals surface area (Å²) in [4.78, 5) is 26.4.